The highest BCUT2D eigenvalue weighted by Crippen LogP contribution is 2.22. The summed E-state index contributed by atoms with van der Waals surface area (Å²) in [4.78, 5) is 16.7. The van der Waals surface area contributed by atoms with E-state index in [1.165, 1.54) is 22.1 Å². The molecule has 0 atom stereocenters. The Labute approximate surface area is 141 Å². The number of amides is 1. The van der Waals surface area contributed by atoms with Crippen LogP contribution in [0, 0.1) is 32.4 Å². The Kier molecular flexibility index (Phi) is 4.15. The molecule has 1 amide bonds. The van der Waals surface area contributed by atoms with Crippen molar-refractivity contribution in [3.63, 3.8) is 0 Å². The van der Waals surface area contributed by atoms with Crippen LogP contribution in [0.2, 0.25) is 0 Å². The summed E-state index contributed by atoms with van der Waals surface area (Å²) in [6, 6.07) is 3.22. The van der Waals surface area contributed by atoms with Crippen LogP contribution in [0.15, 0.2) is 23.6 Å². The van der Waals surface area contributed by atoms with Crippen LogP contribution in [-0.4, -0.2) is 20.7 Å². The molecule has 124 valence electrons. The number of nitrogens with one attached hydrogen (secondary N) is 1. The van der Waals surface area contributed by atoms with Gasteiger partial charge in [0, 0.05) is 11.4 Å². The number of rotatable bonds is 3. The third-order valence-corrected chi connectivity index (χ3v) is 4.37. The van der Waals surface area contributed by atoms with E-state index < -0.39 is 11.6 Å². The number of hydrogen-bond donors (Lipinski definition) is 1. The molecule has 0 saturated carbocycles. The molecule has 0 radical (unpaired) electrons. The molecular weight excluding hydrogens is 334 g/mol. The number of anilines is 1. The molecule has 0 aliphatic heterocycles. The van der Waals surface area contributed by atoms with E-state index in [0.29, 0.717) is 22.1 Å². The molecule has 3 aromatic rings. The molecule has 3 rings (SSSR count). The van der Waals surface area contributed by atoms with Crippen LogP contribution in [-0.2, 0) is 0 Å². The average Bonchev–Trinajstić information content (AvgIpc) is 3.02. The number of hydrogen-bond acceptors (Lipinski definition) is 4. The molecule has 0 bridgehead atoms. The van der Waals surface area contributed by atoms with Crippen LogP contribution in [0.3, 0.4) is 0 Å². The zero-order chi connectivity index (χ0) is 17.4. The van der Waals surface area contributed by atoms with Crippen LogP contribution < -0.4 is 5.32 Å². The summed E-state index contributed by atoms with van der Waals surface area (Å²) in [5.41, 5.74) is 2.14. The monoisotopic (exact) mass is 348 g/mol. The van der Waals surface area contributed by atoms with Gasteiger partial charge in [-0.2, -0.15) is 5.10 Å². The Bertz CT molecular complexity index is 932. The number of thiazole rings is 1. The van der Waals surface area contributed by atoms with E-state index >= 15 is 0 Å². The molecule has 8 heteroatoms. The first kappa shape index (κ1) is 16.3. The predicted molar refractivity (Wildman–Crippen MR) is 87.8 cm³/mol. The van der Waals surface area contributed by atoms with E-state index in [1.54, 1.807) is 13.8 Å². The Morgan fingerprint density at radius 2 is 2.00 bits per heavy atom. The van der Waals surface area contributed by atoms with Crippen molar-refractivity contribution in [3.8, 4) is 5.69 Å². The minimum Gasteiger partial charge on any atom is -0.298 e. The summed E-state index contributed by atoms with van der Waals surface area (Å²) < 4.78 is 28.4. The maximum Gasteiger partial charge on any atom is 0.261 e. The lowest BCUT2D eigenvalue weighted by Crippen LogP contribution is -2.14. The minimum absolute atomic E-state index is 0.0844. The topological polar surface area (TPSA) is 59.8 Å². The molecule has 0 aliphatic carbocycles. The fraction of sp³-hybridized carbons (Fsp3) is 0.188. The van der Waals surface area contributed by atoms with Gasteiger partial charge in [-0.15, -0.1) is 11.3 Å². The van der Waals surface area contributed by atoms with Gasteiger partial charge in [0.05, 0.1) is 22.6 Å². The van der Waals surface area contributed by atoms with Gasteiger partial charge in [-0.1, -0.05) is 0 Å². The van der Waals surface area contributed by atoms with Gasteiger partial charge in [0.2, 0.25) is 0 Å². The fourth-order valence-electron chi connectivity index (χ4n) is 2.43. The maximum absolute atomic E-state index is 14.0. The molecule has 1 N–H and O–H groups in total. The SMILES string of the molecule is Cc1csc(NC(=O)c2c(C)nn(-c3ccc(F)cc3F)c2C)n1. The quantitative estimate of drug-likeness (QED) is 0.783. The van der Waals surface area contributed by atoms with Crippen LogP contribution in [0.5, 0.6) is 0 Å². The molecule has 1 aromatic carbocycles. The lowest BCUT2D eigenvalue weighted by Gasteiger charge is -2.07. The van der Waals surface area contributed by atoms with Gasteiger partial charge >= 0.3 is 0 Å². The van der Waals surface area contributed by atoms with Crippen molar-refractivity contribution in [3.05, 3.63) is 57.9 Å². The molecule has 24 heavy (non-hydrogen) atoms. The summed E-state index contributed by atoms with van der Waals surface area (Å²) in [6.07, 6.45) is 0. The largest absolute Gasteiger partial charge is 0.298 e. The number of aryl methyl sites for hydroxylation is 2. The zero-order valence-corrected chi connectivity index (χ0v) is 14.0. The van der Waals surface area contributed by atoms with Crippen molar-refractivity contribution in [1.82, 2.24) is 14.8 Å². The molecule has 2 aromatic heterocycles. The van der Waals surface area contributed by atoms with E-state index in [1.807, 2.05) is 12.3 Å². The van der Waals surface area contributed by atoms with E-state index in [2.05, 4.69) is 15.4 Å². The summed E-state index contributed by atoms with van der Waals surface area (Å²) >= 11 is 1.32. The van der Waals surface area contributed by atoms with Crippen molar-refractivity contribution in [2.75, 3.05) is 5.32 Å². The van der Waals surface area contributed by atoms with Crippen LogP contribution in [0.25, 0.3) is 5.69 Å². The van der Waals surface area contributed by atoms with Gasteiger partial charge in [-0.25, -0.2) is 18.4 Å². The summed E-state index contributed by atoms with van der Waals surface area (Å²) in [5, 5.41) is 9.24. The highest BCUT2D eigenvalue weighted by atomic mass is 32.1. The van der Waals surface area contributed by atoms with Gasteiger partial charge in [-0.3, -0.25) is 10.1 Å². The Morgan fingerprint density at radius 3 is 2.62 bits per heavy atom. The van der Waals surface area contributed by atoms with Gasteiger partial charge < -0.3 is 0 Å². The van der Waals surface area contributed by atoms with Gasteiger partial charge in [-0.05, 0) is 32.9 Å². The molecule has 0 saturated heterocycles. The van der Waals surface area contributed by atoms with E-state index in [4.69, 9.17) is 0 Å². The van der Waals surface area contributed by atoms with Crippen molar-refractivity contribution < 1.29 is 13.6 Å². The summed E-state index contributed by atoms with van der Waals surface area (Å²) in [6.45, 7) is 5.15. The second-order valence-corrected chi connectivity index (χ2v) is 6.16. The first-order valence-corrected chi connectivity index (χ1v) is 8.00. The second-order valence-electron chi connectivity index (χ2n) is 5.30. The first-order chi connectivity index (χ1) is 11.4. The minimum atomic E-state index is -0.747. The van der Waals surface area contributed by atoms with Crippen molar-refractivity contribution >= 4 is 22.4 Å². The highest BCUT2D eigenvalue weighted by Gasteiger charge is 2.21. The number of benzene rings is 1. The molecule has 0 spiro atoms. The number of carbonyl (C=O) groups is 1. The molecule has 0 fully saturated rings. The lowest BCUT2D eigenvalue weighted by molar-refractivity contribution is 0.102. The number of nitrogens with zero attached hydrogens (tertiary/aromatic N) is 3. The van der Waals surface area contributed by atoms with Crippen molar-refractivity contribution in [2.45, 2.75) is 20.8 Å². The third-order valence-electron chi connectivity index (χ3n) is 3.50. The third kappa shape index (κ3) is 2.92. The normalized spacial score (nSPS) is 10.9. The van der Waals surface area contributed by atoms with Gasteiger partial charge in [0.15, 0.2) is 10.9 Å². The smallest absolute Gasteiger partial charge is 0.261 e. The van der Waals surface area contributed by atoms with E-state index in [0.717, 1.165) is 17.8 Å². The van der Waals surface area contributed by atoms with Crippen LogP contribution in [0.1, 0.15) is 27.4 Å². The second kappa shape index (κ2) is 6.12. The Morgan fingerprint density at radius 1 is 1.25 bits per heavy atom. The van der Waals surface area contributed by atoms with Crippen LogP contribution >= 0.6 is 11.3 Å². The Balaban J connectivity index is 1.98. The van der Waals surface area contributed by atoms with Crippen LogP contribution in [0.4, 0.5) is 13.9 Å². The average molecular weight is 348 g/mol. The standard InChI is InChI=1S/C16H14F2N4OS/c1-8-7-24-16(19-8)20-15(23)14-9(2)21-22(10(14)3)13-5-4-11(17)6-12(13)18/h4-7H,1-3H3,(H,19,20,23). The van der Waals surface area contributed by atoms with Gasteiger partial charge in [0.25, 0.3) is 5.91 Å². The number of carbonyl (C=O) groups excluding carboxylic acids is 1. The Hall–Kier alpha value is -2.61. The van der Waals surface area contributed by atoms with E-state index in [9.17, 15) is 13.6 Å². The van der Waals surface area contributed by atoms with Crippen molar-refractivity contribution in [2.24, 2.45) is 0 Å². The predicted octanol–water partition coefficient (Wildman–Crippen LogP) is 3.78. The maximum atomic E-state index is 14.0. The number of halogens is 2. The molecule has 0 aliphatic rings. The van der Waals surface area contributed by atoms with Crippen molar-refractivity contribution in [1.29, 1.82) is 0 Å². The first-order valence-electron chi connectivity index (χ1n) is 7.12. The van der Waals surface area contributed by atoms with E-state index in [-0.39, 0.29) is 11.6 Å². The molecule has 2 heterocycles. The highest BCUT2D eigenvalue weighted by molar-refractivity contribution is 7.13. The van der Waals surface area contributed by atoms with Gasteiger partial charge in [0.1, 0.15) is 11.5 Å². The molecular formula is C16H14F2N4OS. The summed E-state index contributed by atoms with van der Waals surface area (Å²) in [5.74, 6) is -1.79. The molecule has 5 nitrogen and oxygen atoms in total. The number of aromatic nitrogens is 3. The lowest BCUT2D eigenvalue weighted by atomic mass is 10.2. The molecule has 0 unspecified atom stereocenters. The zero-order valence-electron chi connectivity index (χ0n) is 13.2. The fourth-order valence-corrected chi connectivity index (χ4v) is 3.11. The summed E-state index contributed by atoms with van der Waals surface area (Å²) in [7, 11) is 0.